The maximum atomic E-state index is 8.55. The summed E-state index contributed by atoms with van der Waals surface area (Å²) >= 11 is 0. The molecule has 0 heterocycles. The van der Waals surface area contributed by atoms with Crippen molar-refractivity contribution in [2.75, 3.05) is 0 Å². The van der Waals surface area contributed by atoms with Crippen LogP contribution in [0.3, 0.4) is 0 Å². The van der Waals surface area contributed by atoms with E-state index in [1.54, 1.807) is 0 Å². The molecule has 0 bridgehead atoms. The van der Waals surface area contributed by atoms with Crippen molar-refractivity contribution < 1.29 is 44.2 Å². The van der Waals surface area contributed by atoms with Crippen molar-refractivity contribution in [1.82, 2.24) is 6.15 Å². The normalized spacial score (nSPS) is 7.38. The van der Waals surface area contributed by atoms with Crippen LogP contribution in [0.1, 0.15) is 0 Å². The number of quaternary nitrogens is 1. The van der Waals surface area contributed by atoms with Crippen LogP contribution in [-0.4, -0.2) is 5.48 Å². The second kappa shape index (κ2) is 7.65. The third-order valence-electron chi connectivity index (χ3n) is 0. The molecule has 0 aromatic rings. The van der Waals surface area contributed by atoms with Gasteiger partial charge in [-0.25, -0.2) is 0 Å². The minimum atomic E-state index is -5.39. The Hall–Kier alpha value is 0.653. The van der Waals surface area contributed by atoms with Gasteiger partial charge in [-0.2, -0.15) is 7.82 Å². The van der Waals surface area contributed by atoms with Crippen LogP contribution in [0.2, 0.25) is 0 Å². The molecule has 0 saturated heterocycles. The molecule has 6 N–H and O–H groups in total. The van der Waals surface area contributed by atoms with Crippen molar-refractivity contribution in [2.24, 2.45) is 0 Å². The zero-order valence-electron chi connectivity index (χ0n) is 4.29. The molecule has 0 aromatic carbocycles. The van der Waals surface area contributed by atoms with Crippen molar-refractivity contribution in [1.29, 1.82) is 0 Å². The van der Waals surface area contributed by atoms with E-state index in [2.05, 4.69) is 0 Å². The van der Waals surface area contributed by atoms with Crippen LogP contribution >= 0.6 is 7.82 Å². The van der Waals surface area contributed by atoms with Gasteiger partial charge in [0.15, 0.2) is 0 Å². The van der Waals surface area contributed by atoms with E-state index in [1.807, 2.05) is 0 Å². The first-order valence-corrected chi connectivity index (χ1v) is 2.19. The van der Waals surface area contributed by atoms with Gasteiger partial charge in [-0.1, -0.05) is 0 Å². The van der Waals surface area contributed by atoms with E-state index >= 15 is 0 Å². The number of rotatable bonds is 0. The summed E-state index contributed by atoms with van der Waals surface area (Å²) in [5.74, 6) is 0. The van der Waals surface area contributed by atoms with Gasteiger partial charge >= 0.3 is 19.5 Å². The zero-order valence-corrected chi connectivity index (χ0v) is 8.15. The smallest absolute Gasteiger partial charge is 0.822 e. The first-order chi connectivity index (χ1) is 2.00. The molecular formula is H6NO5PZn. The van der Waals surface area contributed by atoms with E-state index in [1.165, 1.54) is 0 Å². The third kappa shape index (κ3) is 498. The molecule has 0 unspecified atom stereocenters. The molecule has 0 rings (SSSR count). The molecule has 6 nitrogen and oxygen atoms in total. The topological polar surface area (TPSA) is 154 Å². The van der Waals surface area contributed by atoms with Crippen molar-refractivity contribution in [3.05, 3.63) is 0 Å². The third-order valence-corrected chi connectivity index (χ3v) is 0. The Balaban J connectivity index is -0.0000000267. The molecule has 8 heavy (non-hydrogen) atoms. The molecule has 0 aliphatic rings. The summed E-state index contributed by atoms with van der Waals surface area (Å²) in [6, 6.07) is 0. The molecule has 0 amide bonds. The SMILES string of the molecule is O.O=P([O-])([O-])[O-].[NH4+].[Zn+2]. The predicted molar refractivity (Wildman–Crippen MR) is 17.2 cm³/mol. The van der Waals surface area contributed by atoms with E-state index in [-0.39, 0.29) is 31.1 Å². The van der Waals surface area contributed by atoms with E-state index < -0.39 is 7.82 Å². The van der Waals surface area contributed by atoms with Gasteiger partial charge in [0.05, 0.1) is 0 Å². The first kappa shape index (κ1) is 23.4. The molecule has 0 fully saturated rings. The molecule has 0 spiro atoms. The van der Waals surface area contributed by atoms with Gasteiger partial charge in [0, 0.05) is 0 Å². The zero-order chi connectivity index (χ0) is 4.50. The fourth-order valence-electron chi connectivity index (χ4n) is 0. The van der Waals surface area contributed by atoms with Crippen LogP contribution in [-0.2, 0) is 24.0 Å². The second-order valence-electron chi connectivity index (χ2n) is 0.447. The Morgan fingerprint density at radius 3 is 1.12 bits per heavy atom. The summed E-state index contributed by atoms with van der Waals surface area (Å²) in [6.45, 7) is 0. The maximum Gasteiger partial charge on any atom is 2.00 e. The van der Waals surface area contributed by atoms with Crippen LogP contribution in [0.15, 0.2) is 0 Å². The summed E-state index contributed by atoms with van der Waals surface area (Å²) in [5.41, 5.74) is 0. The largest absolute Gasteiger partial charge is 2.00 e. The summed E-state index contributed by atoms with van der Waals surface area (Å²) < 4.78 is 8.55. The van der Waals surface area contributed by atoms with Gasteiger partial charge in [0.2, 0.25) is 0 Å². The standard InChI is InChI=1S/H3N.H3O4P.H2O.Zn/c;1-5(2,3)4;;/h1H3;(H3,1,2,3,4);1H2;/q;;;+2/p-2. The maximum absolute atomic E-state index is 8.55. The molecule has 48 valence electrons. The molecule has 8 heteroatoms. The van der Waals surface area contributed by atoms with Crippen LogP contribution in [0.5, 0.6) is 0 Å². The Morgan fingerprint density at radius 1 is 1.12 bits per heavy atom. The van der Waals surface area contributed by atoms with Crippen LogP contribution in [0.25, 0.3) is 0 Å². The van der Waals surface area contributed by atoms with Crippen molar-refractivity contribution in [3.8, 4) is 0 Å². The molecule has 0 aliphatic heterocycles. The Bertz CT molecular complexity index is 58.6. The van der Waals surface area contributed by atoms with Gasteiger partial charge in [0.1, 0.15) is 0 Å². The second-order valence-corrected chi connectivity index (χ2v) is 1.34. The number of phosphoric acid groups is 1. The predicted octanol–water partition coefficient (Wildman–Crippen LogP) is -3.28. The minimum absolute atomic E-state index is 0. The Kier molecular flexibility index (Phi) is 22.4. The molecule has 0 atom stereocenters. The summed E-state index contributed by atoms with van der Waals surface area (Å²) in [7, 11) is -5.39. The Labute approximate surface area is 58.8 Å². The van der Waals surface area contributed by atoms with Gasteiger partial charge in [-0.05, 0) is 0 Å². The molecule has 0 radical (unpaired) electrons. The van der Waals surface area contributed by atoms with Crippen LogP contribution in [0.4, 0.5) is 0 Å². The molecular weight excluding hydrogens is 190 g/mol. The van der Waals surface area contributed by atoms with Gasteiger partial charge < -0.3 is 30.9 Å². The van der Waals surface area contributed by atoms with Gasteiger partial charge in [-0.15, -0.1) is 0 Å². The number of hydrogen-bond donors (Lipinski definition) is 1. The fraction of sp³-hybridized carbons (Fsp3) is 0. The van der Waals surface area contributed by atoms with Crippen molar-refractivity contribution in [3.63, 3.8) is 0 Å². The van der Waals surface area contributed by atoms with E-state index in [4.69, 9.17) is 19.2 Å². The monoisotopic (exact) mass is 195 g/mol. The van der Waals surface area contributed by atoms with E-state index in [0.29, 0.717) is 0 Å². The first-order valence-electron chi connectivity index (χ1n) is 0.730. The number of hydrogen-bond acceptors (Lipinski definition) is 4. The minimum Gasteiger partial charge on any atom is -0.822 e. The summed E-state index contributed by atoms with van der Waals surface area (Å²) in [6.07, 6.45) is 0. The summed E-state index contributed by atoms with van der Waals surface area (Å²) in [4.78, 5) is 25.6. The average Bonchev–Trinajstić information content (AvgIpc) is 0.722. The van der Waals surface area contributed by atoms with E-state index in [0.717, 1.165) is 0 Å². The van der Waals surface area contributed by atoms with Gasteiger partial charge in [0.25, 0.3) is 0 Å². The van der Waals surface area contributed by atoms with Crippen LogP contribution < -0.4 is 20.8 Å². The van der Waals surface area contributed by atoms with Gasteiger partial charge in [-0.3, -0.25) is 0 Å². The van der Waals surface area contributed by atoms with Crippen molar-refractivity contribution >= 4 is 7.82 Å². The molecule has 0 saturated carbocycles. The average molecular weight is 196 g/mol. The Morgan fingerprint density at radius 2 is 1.12 bits per heavy atom. The molecule has 0 aliphatic carbocycles. The van der Waals surface area contributed by atoms with E-state index in [9.17, 15) is 0 Å². The van der Waals surface area contributed by atoms with Crippen molar-refractivity contribution in [2.45, 2.75) is 0 Å². The summed E-state index contributed by atoms with van der Waals surface area (Å²) in [5, 5.41) is 0. The fourth-order valence-corrected chi connectivity index (χ4v) is 0. The quantitative estimate of drug-likeness (QED) is 0.318. The molecule has 0 aromatic heterocycles. The van der Waals surface area contributed by atoms with Crippen LogP contribution in [0, 0.1) is 0 Å².